The number of nitrogens with one attached hydrogen (secondary N) is 1. The van der Waals surface area contributed by atoms with Crippen LogP contribution in [0, 0.1) is 5.92 Å². The first-order chi connectivity index (χ1) is 9.60. The van der Waals surface area contributed by atoms with E-state index >= 15 is 0 Å². The van der Waals surface area contributed by atoms with E-state index in [9.17, 15) is 5.11 Å². The van der Waals surface area contributed by atoms with Crippen molar-refractivity contribution in [1.29, 1.82) is 0 Å². The second-order valence-electron chi connectivity index (χ2n) is 6.10. The van der Waals surface area contributed by atoms with E-state index in [1.54, 1.807) is 0 Å². The molecule has 2 rings (SSSR count). The minimum Gasteiger partial charge on any atom is -0.491 e. The highest BCUT2D eigenvalue weighted by Crippen LogP contribution is 2.28. The van der Waals surface area contributed by atoms with Crippen LogP contribution in [0.3, 0.4) is 0 Å². The van der Waals surface area contributed by atoms with E-state index in [1.165, 1.54) is 18.4 Å². The first-order valence-corrected chi connectivity index (χ1v) is 7.73. The van der Waals surface area contributed by atoms with E-state index in [0.29, 0.717) is 24.6 Å². The average molecular weight is 277 g/mol. The molecule has 0 amide bonds. The normalized spacial score (nSPS) is 24.1. The summed E-state index contributed by atoms with van der Waals surface area (Å²) in [6, 6.07) is 9.07. The maximum absolute atomic E-state index is 9.38. The SMILES string of the molecule is CC(C)Oc1ccc(C(C)NC2CCCC2CO)cc1. The Morgan fingerprint density at radius 3 is 2.50 bits per heavy atom. The molecule has 3 nitrogen and oxygen atoms in total. The molecular formula is C17H27NO2. The molecule has 1 aliphatic rings. The first kappa shape index (κ1) is 15.3. The monoisotopic (exact) mass is 277 g/mol. The molecule has 1 aliphatic carbocycles. The van der Waals surface area contributed by atoms with Crippen LogP contribution in [-0.4, -0.2) is 23.9 Å². The van der Waals surface area contributed by atoms with Gasteiger partial charge in [-0.3, -0.25) is 0 Å². The van der Waals surface area contributed by atoms with Crippen molar-refractivity contribution < 1.29 is 9.84 Å². The summed E-state index contributed by atoms with van der Waals surface area (Å²) in [6.45, 7) is 6.55. The predicted molar refractivity (Wildman–Crippen MR) is 82.0 cm³/mol. The molecule has 20 heavy (non-hydrogen) atoms. The van der Waals surface area contributed by atoms with Gasteiger partial charge in [0.15, 0.2) is 0 Å². The van der Waals surface area contributed by atoms with Gasteiger partial charge in [0, 0.05) is 18.7 Å². The van der Waals surface area contributed by atoms with Crippen molar-refractivity contribution in [3.8, 4) is 5.75 Å². The first-order valence-electron chi connectivity index (χ1n) is 7.73. The Labute approximate surface area is 122 Å². The lowest BCUT2D eigenvalue weighted by atomic mass is 10.0. The van der Waals surface area contributed by atoms with Crippen LogP contribution < -0.4 is 10.1 Å². The molecule has 1 fully saturated rings. The molecule has 0 aromatic heterocycles. The molecule has 1 aromatic carbocycles. The van der Waals surface area contributed by atoms with E-state index in [-0.39, 0.29) is 6.10 Å². The van der Waals surface area contributed by atoms with Crippen molar-refractivity contribution in [2.24, 2.45) is 5.92 Å². The van der Waals surface area contributed by atoms with E-state index in [2.05, 4.69) is 24.4 Å². The number of aliphatic hydroxyl groups is 1. The fourth-order valence-corrected chi connectivity index (χ4v) is 3.00. The molecule has 0 heterocycles. The summed E-state index contributed by atoms with van der Waals surface area (Å²) in [5.41, 5.74) is 1.27. The molecule has 1 saturated carbocycles. The van der Waals surface area contributed by atoms with Crippen molar-refractivity contribution >= 4 is 0 Å². The van der Waals surface area contributed by atoms with Crippen LogP contribution in [0.2, 0.25) is 0 Å². The number of rotatable bonds is 6. The summed E-state index contributed by atoms with van der Waals surface area (Å²) in [5, 5.41) is 13.0. The quantitative estimate of drug-likeness (QED) is 0.838. The van der Waals surface area contributed by atoms with Gasteiger partial charge in [-0.25, -0.2) is 0 Å². The Morgan fingerprint density at radius 1 is 1.20 bits per heavy atom. The molecule has 0 radical (unpaired) electrons. The summed E-state index contributed by atoms with van der Waals surface area (Å²) in [6.07, 6.45) is 3.74. The number of aliphatic hydroxyl groups excluding tert-OH is 1. The van der Waals surface area contributed by atoms with Gasteiger partial charge in [0.2, 0.25) is 0 Å². The molecule has 1 aromatic rings. The molecule has 0 spiro atoms. The summed E-state index contributed by atoms with van der Waals surface area (Å²) in [5.74, 6) is 1.34. The highest BCUT2D eigenvalue weighted by molar-refractivity contribution is 5.29. The van der Waals surface area contributed by atoms with E-state index in [1.807, 2.05) is 26.0 Å². The number of hydrogen-bond donors (Lipinski definition) is 2. The highest BCUT2D eigenvalue weighted by atomic mass is 16.5. The third-order valence-electron chi connectivity index (χ3n) is 4.11. The van der Waals surface area contributed by atoms with Crippen molar-refractivity contribution in [1.82, 2.24) is 5.32 Å². The van der Waals surface area contributed by atoms with Crippen molar-refractivity contribution in [3.05, 3.63) is 29.8 Å². The molecule has 0 bridgehead atoms. The van der Waals surface area contributed by atoms with Crippen LogP contribution in [0.1, 0.15) is 51.6 Å². The lowest BCUT2D eigenvalue weighted by Gasteiger charge is -2.24. The molecule has 3 atom stereocenters. The van der Waals surface area contributed by atoms with Crippen molar-refractivity contribution in [2.75, 3.05) is 6.61 Å². The molecule has 0 saturated heterocycles. The van der Waals surface area contributed by atoms with Gasteiger partial charge in [-0.05, 0) is 57.2 Å². The zero-order valence-corrected chi connectivity index (χ0v) is 12.8. The fraction of sp³-hybridized carbons (Fsp3) is 0.647. The second-order valence-corrected chi connectivity index (χ2v) is 6.10. The Bertz CT molecular complexity index is 402. The zero-order chi connectivity index (χ0) is 14.5. The Hall–Kier alpha value is -1.06. The molecule has 3 heteroatoms. The zero-order valence-electron chi connectivity index (χ0n) is 12.8. The molecular weight excluding hydrogens is 250 g/mol. The largest absolute Gasteiger partial charge is 0.491 e. The summed E-state index contributed by atoms with van der Waals surface area (Å²) < 4.78 is 5.66. The Balaban J connectivity index is 1.93. The molecule has 2 N–H and O–H groups in total. The van der Waals surface area contributed by atoms with E-state index in [0.717, 1.165) is 12.2 Å². The standard InChI is InChI=1S/C17H27NO2/c1-12(2)20-16-9-7-14(8-10-16)13(3)18-17-6-4-5-15(17)11-19/h7-10,12-13,15,17-19H,4-6,11H2,1-3H3. The Kier molecular flexibility index (Phi) is 5.44. The number of ether oxygens (including phenoxy) is 1. The summed E-state index contributed by atoms with van der Waals surface area (Å²) in [4.78, 5) is 0. The van der Waals surface area contributed by atoms with Gasteiger partial charge < -0.3 is 15.2 Å². The second kappa shape index (κ2) is 7.09. The Morgan fingerprint density at radius 2 is 1.90 bits per heavy atom. The maximum atomic E-state index is 9.38. The van der Waals surface area contributed by atoms with Crippen molar-refractivity contribution in [2.45, 2.75) is 58.2 Å². The van der Waals surface area contributed by atoms with Crippen LogP contribution in [-0.2, 0) is 0 Å². The molecule has 112 valence electrons. The topological polar surface area (TPSA) is 41.5 Å². The van der Waals surface area contributed by atoms with Gasteiger partial charge in [-0.1, -0.05) is 18.6 Å². The van der Waals surface area contributed by atoms with Crippen LogP contribution >= 0.6 is 0 Å². The summed E-state index contributed by atoms with van der Waals surface area (Å²) in [7, 11) is 0. The molecule has 0 aliphatic heterocycles. The average Bonchev–Trinajstić information content (AvgIpc) is 2.86. The molecule has 3 unspecified atom stereocenters. The smallest absolute Gasteiger partial charge is 0.119 e. The van der Waals surface area contributed by atoms with Crippen molar-refractivity contribution in [3.63, 3.8) is 0 Å². The third-order valence-corrected chi connectivity index (χ3v) is 4.11. The maximum Gasteiger partial charge on any atom is 0.119 e. The fourth-order valence-electron chi connectivity index (χ4n) is 3.00. The van der Waals surface area contributed by atoms with Crippen LogP contribution in [0.4, 0.5) is 0 Å². The number of hydrogen-bond acceptors (Lipinski definition) is 3. The lowest BCUT2D eigenvalue weighted by Crippen LogP contribution is -2.35. The highest BCUT2D eigenvalue weighted by Gasteiger charge is 2.27. The van der Waals surface area contributed by atoms with E-state index in [4.69, 9.17) is 4.74 Å². The van der Waals surface area contributed by atoms with E-state index < -0.39 is 0 Å². The van der Waals surface area contributed by atoms with Gasteiger partial charge in [0.25, 0.3) is 0 Å². The van der Waals surface area contributed by atoms with Gasteiger partial charge in [-0.2, -0.15) is 0 Å². The van der Waals surface area contributed by atoms with Gasteiger partial charge in [0.1, 0.15) is 5.75 Å². The minimum atomic E-state index is 0.209. The van der Waals surface area contributed by atoms with Gasteiger partial charge in [-0.15, -0.1) is 0 Å². The van der Waals surface area contributed by atoms with Crippen LogP contribution in [0.5, 0.6) is 5.75 Å². The third kappa shape index (κ3) is 3.97. The lowest BCUT2D eigenvalue weighted by molar-refractivity contribution is 0.200. The van der Waals surface area contributed by atoms with Crippen LogP contribution in [0.15, 0.2) is 24.3 Å². The summed E-state index contributed by atoms with van der Waals surface area (Å²) >= 11 is 0. The van der Waals surface area contributed by atoms with Gasteiger partial charge >= 0.3 is 0 Å². The van der Waals surface area contributed by atoms with Crippen LogP contribution in [0.25, 0.3) is 0 Å². The minimum absolute atomic E-state index is 0.209. The van der Waals surface area contributed by atoms with Gasteiger partial charge in [0.05, 0.1) is 6.10 Å². The predicted octanol–water partition coefficient (Wildman–Crippen LogP) is 3.29. The number of benzene rings is 1.